The summed E-state index contributed by atoms with van der Waals surface area (Å²) in [6.07, 6.45) is 3.89. The van der Waals surface area contributed by atoms with Gasteiger partial charge in [-0.15, -0.1) is 0 Å². The molecule has 0 fully saturated rings. The SMILES string of the molecule is CCCN(CCC)c1nc(Cl)nc2[nH]ncc12. The Morgan fingerprint density at radius 2 is 1.94 bits per heavy atom. The minimum atomic E-state index is 0.258. The molecule has 5 nitrogen and oxygen atoms in total. The molecule has 1 N–H and O–H groups in total. The van der Waals surface area contributed by atoms with Crippen LogP contribution in [-0.2, 0) is 0 Å². The van der Waals surface area contributed by atoms with E-state index in [4.69, 9.17) is 11.6 Å². The first-order valence-electron chi connectivity index (χ1n) is 5.87. The maximum absolute atomic E-state index is 5.93. The molecule has 2 heterocycles. The molecule has 2 rings (SSSR count). The van der Waals surface area contributed by atoms with E-state index in [0.717, 1.165) is 37.1 Å². The molecule has 2 aromatic heterocycles. The maximum Gasteiger partial charge on any atom is 0.226 e. The van der Waals surface area contributed by atoms with Gasteiger partial charge in [0.25, 0.3) is 0 Å². The Hall–Kier alpha value is -1.36. The summed E-state index contributed by atoms with van der Waals surface area (Å²) in [5, 5.41) is 8.01. The lowest BCUT2D eigenvalue weighted by molar-refractivity contribution is 0.736. The van der Waals surface area contributed by atoms with Crippen molar-refractivity contribution in [3.05, 3.63) is 11.5 Å². The second-order valence-electron chi connectivity index (χ2n) is 3.94. The van der Waals surface area contributed by atoms with Gasteiger partial charge in [-0.25, -0.2) is 0 Å². The van der Waals surface area contributed by atoms with Crippen LogP contribution in [0.2, 0.25) is 5.28 Å². The van der Waals surface area contributed by atoms with Crippen molar-refractivity contribution in [3.8, 4) is 0 Å². The van der Waals surface area contributed by atoms with Crippen LogP contribution in [0.15, 0.2) is 6.20 Å². The van der Waals surface area contributed by atoms with Crippen molar-refractivity contribution in [1.82, 2.24) is 20.2 Å². The Morgan fingerprint density at radius 1 is 1.24 bits per heavy atom. The number of hydrogen-bond donors (Lipinski definition) is 1. The topological polar surface area (TPSA) is 57.7 Å². The predicted molar refractivity (Wildman–Crippen MR) is 69.5 cm³/mol. The smallest absolute Gasteiger partial charge is 0.226 e. The molecule has 6 heteroatoms. The lowest BCUT2D eigenvalue weighted by atomic mass is 10.3. The van der Waals surface area contributed by atoms with Crippen LogP contribution in [-0.4, -0.2) is 33.3 Å². The van der Waals surface area contributed by atoms with Crippen molar-refractivity contribution < 1.29 is 0 Å². The van der Waals surface area contributed by atoms with E-state index in [2.05, 4.69) is 38.9 Å². The minimum absolute atomic E-state index is 0.258. The van der Waals surface area contributed by atoms with E-state index in [9.17, 15) is 0 Å². The molecule has 0 aliphatic heterocycles. The summed E-state index contributed by atoms with van der Waals surface area (Å²) < 4.78 is 0. The standard InChI is InChI=1S/C11H16ClN5/c1-3-5-17(6-4-2)10-8-7-13-16-9(8)14-11(12)15-10/h7H,3-6H2,1-2H3,(H,13,14,15,16). The van der Waals surface area contributed by atoms with Crippen LogP contribution in [0.3, 0.4) is 0 Å². The highest BCUT2D eigenvalue weighted by Gasteiger charge is 2.14. The monoisotopic (exact) mass is 253 g/mol. The number of anilines is 1. The van der Waals surface area contributed by atoms with E-state index in [0.29, 0.717) is 5.65 Å². The fourth-order valence-electron chi connectivity index (χ4n) is 1.90. The summed E-state index contributed by atoms with van der Waals surface area (Å²) in [7, 11) is 0. The molecular formula is C11H16ClN5. The van der Waals surface area contributed by atoms with Gasteiger partial charge in [-0.3, -0.25) is 5.10 Å². The summed E-state index contributed by atoms with van der Waals surface area (Å²) in [5.74, 6) is 0.873. The summed E-state index contributed by atoms with van der Waals surface area (Å²) in [6, 6.07) is 0. The molecule has 0 bridgehead atoms. The van der Waals surface area contributed by atoms with E-state index in [1.165, 1.54) is 0 Å². The molecule has 0 aliphatic rings. The Balaban J connectivity index is 2.46. The van der Waals surface area contributed by atoms with Crippen LogP contribution >= 0.6 is 11.6 Å². The minimum Gasteiger partial charge on any atom is -0.356 e. The van der Waals surface area contributed by atoms with Crippen LogP contribution in [0.25, 0.3) is 11.0 Å². The molecule has 0 radical (unpaired) electrons. The fraction of sp³-hybridized carbons (Fsp3) is 0.545. The normalized spacial score (nSPS) is 11.0. The Morgan fingerprint density at radius 3 is 2.59 bits per heavy atom. The summed E-state index contributed by atoms with van der Waals surface area (Å²) in [4.78, 5) is 10.7. The molecule has 0 saturated heterocycles. The number of rotatable bonds is 5. The molecule has 0 amide bonds. The molecule has 0 saturated carbocycles. The van der Waals surface area contributed by atoms with Gasteiger partial charge in [-0.05, 0) is 24.4 Å². The van der Waals surface area contributed by atoms with Crippen molar-refractivity contribution >= 4 is 28.5 Å². The van der Waals surface area contributed by atoms with E-state index in [1.54, 1.807) is 6.20 Å². The zero-order valence-corrected chi connectivity index (χ0v) is 10.8. The first kappa shape index (κ1) is 12.1. The molecule has 0 spiro atoms. The quantitative estimate of drug-likeness (QED) is 0.833. The summed E-state index contributed by atoms with van der Waals surface area (Å²) >= 11 is 5.93. The molecule has 92 valence electrons. The third kappa shape index (κ3) is 2.49. The third-order valence-electron chi connectivity index (χ3n) is 2.55. The van der Waals surface area contributed by atoms with Crippen molar-refractivity contribution in [2.75, 3.05) is 18.0 Å². The highest BCUT2D eigenvalue weighted by atomic mass is 35.5. The molecule has 2 aromatic rings. The summed E-state index contributed by atoms with van der Waals surface area (Å²) in [6.45, 7) is 6.22. The van der Waals surface area contributed by atoms with E-state index < -0.39 is 0 Å². The number of aromatic nitrogens is 4. The fourth-order valence-corrected chi connectivity index (χ4v) is 2.06. The van der Waals surface area contributed by atoms with Gasteiger partial charge in [0, 0.05) is 13.1 Å². The van der Waals surface area contributed by atoms with Gasteiger partial charge >= 0.3 is 0 Å². The number of nitrogens with one attached hydrogen (secondary N) is 1. The van der Waals surface area contributed by atoms with Gasteiger partial charge in [0.15, 0.2) is 5.65 Å². The van der Waals surface area contributed by atoms with Gasteiger partial charge in [0.05, 0.1) is 11.6 Å². The molecule has 0 unspecified atom stereocenters. The number of H-pyrrole nitrogens is 1. The summed E-state index contributed by atoms with van der Waals surface area (Å²) in [5.41, 5.74) is 0.692. The Labute approximate surface area is 105 Å². The zero-order chi connectivity index (χ0) is 12.3. The number of fused-ring (bicyclic) bond motifs is 1. The van der Waals surface area contributed by atoms with Crippen molar-refractivity contribution in [3.63, 3.8) is 0 Å². The molecule has 0 aromatic carbocycles. The molecule has 0 atom stereocenters. The van der Waals surface area contributed by atoms with Gasteiger partial charge in [-0.1, -0.05) is 13.8 Å². The predicted octanol–water partition coefficient (Wildman–Crippen LogP) is 2.63. The van der Waals surface area contributed by atoms with Crippen LogP contribution in [0.1, 0.15) is 26.7 Å². The largest absolute Gasteiger partial charge is 0.356 e. The molecule has 0 aliphatic carbocycles. The number of nitrogens with zero attached hydrogens (tertiary/aromatic N) is 4. The van der Waals surface area contributed by atoms with E-state index in [1.807, 2.05) is 0 Å². The second kappa shape index (κ2) is 5.31. The van der Waals surface area contributed by atoms with Crippen molar-refractivity contribution in [2.24, 2.45) is 0 Å². The molecule has 17 heavy (non-hydrogen) atoms. The first-order chi connectivity index (χ1) is 8.26. The number of halogens is 1. The first-order valence-corrected chi connectivity index (χ1v) is 6.25. The molecular weight excluding hydrogens is 238 g/mol. The lowest BCUT2D eigenvalue weighted by Crippen LogP contribution is -2.26. The van der Waals surface area contributed by atoms with Crippen molar-refractivity contribution in [2.45, 2.75) is 26.7 Å². The highest BCUT2D eigenvalue weighted by molar-refractivity contribution is 6.28. The number of hydrogen-bond acceptors (Lipinski definition) is 4. The van der Waals surface area contributed by atoms with Crippen LogP contribution in [0, 0.1) is 0 Å². The zero-order valence-electron chi connectivity index (χ0n) is 10.1. The maximum atomic E-state index is 5.93. The van der Waals surface area contributed by atoms with Crippen molar-refractivity contribution in [1.29, 1.82) is 0 Å². The Kier molecular flexibility index (Phi) is 3.78. The van der Waals surface area contributed by atoms with Gasteiger partial charge < -0.3 is 4.90 Å². The van der Waals surface area contributed by atoms with Crippen LogP contribution in [0.4, 0.5) is 5.82 Å². The highest BCUT2D eigenvalue weighted by Crippen LogP contribution is 2.24. The number of aromatic amines is 1. The van der Waals surface area contributed by atoms with Gasteiger partial charge in [-0.2, -0.15) is 15.1 Å². The third-order valence-corrected chi connectivity index (χ3v) is 2.72. The van der Waals surface area contributed by atoms with Crippen LogP contribution in [0.5, 0.6) is 0 Å². The lowest BCUT2D eigenvalue weighted by Gasteiger charge is -2.22. The van der Waals surface area contributed by atoms with Crippen LogP contribution < -0.4 is 4.90 Å². The second-order valence-corrected chi connectivity index (χ2v) is 4.27. The van der Waals surface area contributed by atoms with Gasteiger partial charge in [0.2, 0.25) is 5.28 Å². The van der Waals surface area contributed by atoms with E-state index in [-0.39, 0.29) is 5.28 Å². The van der Waals surface area contributed by atoms with E-state index >= 15 is 0 Å². The average molecular weight is 254 g/mol. The average Bonchev–Trinajstić information content (AvgIpc) is 2.75. The van der Waals surface area contributed by atoms with Gasteiger partial charge in [0.1, 0.15) is 5.82 Å². The Bertz CT molecular complexity index is 490.